The first-order valence-electron chi connectivity index (χ1n) is 9.02. The number of aromatic nitrogens is 5. The molecular formula is C18H23ClN6OS2. The van der Waals surface area contributed by atoms with E-state index in [-0.39, 0.29) is 5.91 Å². The molecule has 3 rings (SSSR count). The van der Waals surface area contributed by atoms with Crippen molar-refractivity contribution in [2.24, 2.45) is 5.92 Å². The number of rotatable bonds is 9. The lowest BCUT2D eigenvalue weighted by atomic mass is 10.2. The van der Waals surface area contributed by atoms with Gasteiger partial charge in [0.25, 0.3) is 0 Å². The molecular weight excluding hydrogens is 416 g/mol. The molecule has 7 nitrogen and oxygen atoms in total. The maximum atomic E-state index is 12.1. The van der Waals surface area contributed by atoms with Gasteiger partial charge in [0.2, 0.25) is 5.91 Å². The topological polar surface area (TPSA) is 77.1 Å². The number of aryl methyl sites for hydroxylation is 1. The molecule has 10 heteroatoms. The Morgan fingerprint density at radius 3 is 3.00 bits per heavy atom. The Morgan fingerprint density at radius 2 is 2.25 bits per heavy atom. The van der Waals surface area contributed by atoms with Crippen LogP contribution in [-0.4, -0.2) is 42.9 Å². The van der Waals surface area contributed by atoms with Gasteiger partial charge in [-0.2, -0.15) is 0 Å². The van der Waals surface area contributed by atoms with Crippen LogP contribution in [0.1, 0.15) is 31.8 Å². The lowest BCUT2D eigenvalue weighted by molar-refractivity contribution is -0.116. The van der Waals surface area contributed by atoms with Crippen molar-refractivity contribution in [3.63, 3.8) is 0 Å². The SMILES string of the molecule is CSc1nnc(CCCNC(=O)/C=C/c2c(Cl)nc3sccn23)n1CC(C)C. The number of amides is 1. The summed E-state index contributed by atoms with van der Waals surface area (Å²) in [6, 6.07) is 0. The Morgan fingerprint density at radius 1 is 1.43 bits per heavy atom. The Bertz CT molecular complexity index is 974. The van der Waals surface area contributed by atoms with Crippen molar-refractivity contribution >= 4 is 51.6 Å². The quantitative estimate of drug-likeness (QED) is 0.312. The van der Waals surface area contributed by atoms with E-state index in [4.69, 9.17) is 11.6 Å². The summed E-state index contributed by atoms with van der Waals surface area (Å²) in [6.45, 7) is 5.82. The molecule has 0 bridgehead atoms. The number of hydrogen-bond acceptors (Lipinski definition) is 6. The molecule has 0 aromatic carbocycles. The van der Waals surface area contributed by atoms with Crippen LogP contribution in [0.2, 0.25) is 5.15 Å². The molecule has 1 amide bonds. The van der Waals surface area contributed by atoms with Gasteiger partial charge in [0.15, 0.2) is 15.3 Å². The average molecular weight is 439 g/mol. The van der Waals surface area contributed by atoms with Gasteiger partial charge in [0.1, 0.15) is 5.82 Å². The highest BCUT2D eigenvalue weighted by Gasteiger charge is 2.12. The lowest BCUT2D eigenvalue weighted by Crippen LogP contribution is -2.23. The monoisotopic (exact) mass is 438 g/mol. The first-order valence-corrected chi connectivity index (χ1v) is 11.5. The molecule has 3 heterocycles. The molecule has 0 fully saturated rings. The number of nitrogens with one attached hydrogen (secondary N) is 1. The van der Waals surface area contributed by atoms with Gasteiger partial charge < -0.3 is 9.88 Å². The van der Waals surface area contributed by atoms with E-state index in [2.05, 4.69) is 38.9 Å². The number of carbonyl (C=O) groups excluding carboxylic acids is 1. The maximum absolute atomic E-state index is 12.1. The van der Waals surface area contributed by atoms with E-state index in [1.807, 2.05) is 22.2 Å². The van der Waals surface area contributed by atoms with E-state index >= 15 is 0 Å². The molecule has 0 unspecified atom stereocenters. The van der Waals surface area contributed by atoms with Crippen molar-refractivity contribution in [3.8, 4) is 0 Å². The van der Waals surface area contributed by atoms with Gasteiger partial charge >= 0.3 is 0 Å². The second-order valence-corrected chi connectivity index (χ2v) is 8.68. The van der Waals surface area contributed by atoms with Crippen LogP contribution in [0.4, 0.5) is 0 Å². The van der Waals surface area contributed by atoms with E-state index in [1.54, 1.807) is 17.8 Å². The first-order chi connectivity index (χ1) is 13.5. The molecule has 3 aromatic heterocycles. The fraction of sp³-hybridized carbons (Fsp3) is 0.444. The van der Waals surface area contributed by atoms with E-state index in [0.717, 1.165) is 35.3 Å². The fourth-order valence-corrected chi connectivity index (χ4v) is 4.33. The van der Waals surface area contributed by atoms with Crippen LogP contribution >= 0.6 is 34.7 Å². The number of hydrogen-bond donors (Lipinski definition) is 1. The Kier molecular flexibility index (Phi) is 7.14. The van der Waals surface area contributed by atoms with Crippen LogP contribution in [0, 0.1) is 5.92 Å². The van der Waals surface area contributed by atoms with Crippen LogP contribution in [0.5, 0.6) is 0 Å². The number of imidazole rings is 1. The van der Waals surface area contributed by atoms with E-state index in [0.29, 0.717) is 23.3 Å². The van der Waals surface area contributed by atoms with Crippen LogP contribution in [0.25, 0.3) is 11.0 Å². The van der Waals surface area contributed by atoms with E-state index in [9.17, 15) is 4.79 Å². The van der Waals surface area contributed by atoms with Gasteiger partial charge in [-0.1, -0.05) is 37.2 Å². The van der Waals surface area contributed by atoms with Crippen molar-refractivity contribution in [2.75, 3.05) is 12.8 Å². The highest BCUT2D eigenvalue weighted by molar-refractivity contribution is 7.98. The van der Waals surface area contributed by atoms with Crippen LogP contribution in [0.15, 0.2) is 22.8 Å². The minimum absolute atomic E-state index is 0.158. The van der Waals surface area contributed by atoms with Gasteiger partial charge in [-0.25, -0.2) is 4.98 Å². The van der Waals surface area contributed by atoms with Gasteiger partial charge in [0.05, 0.1) is 5.69 Å². The summed E-state index contributed by atoms with van der Waals surface area (Å²) in [6.07, 6.45) is 8.63. The molecule has 28 heavy (non-hydrogen) atoms. The molecule has 0 radical (unpaired) electrons. The number of nitrogens with zero attached hydrogens (tertiary/aromatic N) is 5. The van der Waals surface area contributed by atoms with Gasteiger partial charge in [-0.3, -0.25) is 9.20 Å². The summed E-state index contributed by atoms with van der Waals surface area (Å²) in [5, 5.41) is 14.7. The zero-order valence-electron chi connectivity index (χ0n) is 16.1. The van der Waals surface area contributed by atoms with Gasteiger partial charge in [-0.15, -0.1) is 21.5 Å². The van der Waals surface area contributed by atoms with Crippen LogP contribution in [0.3, 0.4) is 0 Å². The first kappa shape index (κ1) is 20.9. The van der Waals surface area contributed by atoms with Crippen LogP contribution < -0.4 is 5.32 Å². The molecule has 1 N–H and O–H groups in total. The highest BCUT2D eigenvalue weighted by atomic mass is 35.5. The average Bonchev–Trinajstić information content (AvgIpc) is 3.32. The summed E-state index contributed by atoms with van der Waals surface area (Å²) in [5.41, 5.74) is 0.708. The molecule has 150 valence electrons. The second-order valence-electron chi connectivity index (χ2n) is 6.68. The zero-order valence-corrected chi connectivity index (χ0v) is 18.4. The Balaban J connectivity index is 1.50. The predicted octanol–water partition coefficient (Wildman–Crippen LogP) is 3.78. The number of thioether (sulfide) groups is 1. The van der Waals surface area contributed by atoms with Crippen molar-refractivity contribution in [3.05, 3.63) is 34.3 Å². The fourth-order valence-electron chi connectivity index (χ4n) is 2.80. The molecule has 0 spiro atoms. The number of carbonyl (C=O) groups is 1. The van der Waals surface area contributed by atoms with Gasteiger partial charge in [-0.05, 0) is 24.7 Å². The minimum Gasteiger partial charge on any atom is -0.353 e. The largest absolute Gasteiger partial charge is 0.353 e. The summed E-state index contributed by atoms with van der Waals surface area (Å²) in [4.78, 5) is 17.1. The zero-order chi connectivity index (χ0) is 20.1. The lowest BCUT2D eigenvalue weighted by Gasteiger charge is -2.11. The number of halogens is 1. The van der Waals surface area contributed by atoms with Crippen molar-refractivity contribution in [1.29, 1.82) is 0 Å². The predicted molar refractivity (Wildman–Crippen MR) is 115 cm³/mol. The van der Waals surface area contributed by atoms with Crippen LogP contribution in [-0.2, 0) is 17.8 Å². The molecule has 0 saturated heterocycles. The smallest absolute Gasteiger partial charge is 0.244 e. The summed E-state index contributed by atoms with van der Waals surface area (Å²) in [7, 11) is 0. The molecule has 3 aromatic rings. The Hall–Kier alpha value is -1.84. The highest BCUT2D eigenvalue weighted by Crippen LogP contribution is 2.22. The summed E-state index contributed by atoms with van der Waals surface area (Å²) in [5.74, 6) is 1.33. The number of fused-ring (bicyclic) bond motifs is 1. The molecule has 0 saturated carbocycles. The molecule has 0 atom stereocenters. The third-order valence-electron chi connectivity index (χ3n) is 4.05. The summed E-state index contributed by atoms with van der Waals surface area (Å²) >= 11 is 9.23. The van der Waals surface area contributed by atoms with Gasteiger partial charge in [0, 0.05) is 37.2 Å². The van der Waals surface area contributed by atoms with Crippen molar-refractivity contribution in [1.82, 2.24) is 29.5 Å². The maximum Gasteiger partial charge on any atom is 0.244 e. The second kappa shape index (κ2) is 9.58. The molecule has 0 aliphatic rings. The number of thiazole rings is 1. The normalized spacial score (nSPS) is 11.9. The Labute approximate surface area is 177 Å². The minimum atomic E-state index is -0.158. The molecule has 0 aliphatic heterocycles. The van der Waals surface area contributed by atoms with E-state index < -0.39 is 0 Å². The summed E-state index contributed by atoms with van der Waals surface area (Å²) < 4.78 is 4.03. The standard InChI is InChI=1S/C18H23ClN6OS2/c1-12(2)11-25-14(22-23-18(25)27-3)5-4-8-20-15(26)7-6-13-16(19)21-17-24(13)9-10-28-17/h6-7,9-10,12H,4-5,8,11H2,1-3H3,(H,20,26)/b7-6+. The molecule has 0 aliphatic carbocycles. The van der Waals surface area contributed by atoms with Crippen molar-refractivity contribution < 1.29 is 4.79 Å². The third-order valence-corrected chi connectivity index (χ3v) is 5.75. The third kappa shape index (κ3) is 4.95. The van der Waals surface area contributed by atoms with Crippen molar-refractivity contribution in [2.45, 2.75) is 38.4 Å². The van der Waals surface area contributed by atoms with E-state index in [1.165, 1.54) is 17.4 Å².